The maximum atomic E-state index is 10.9. The lowest BCUT2D eigenvalue weighted by Gasteiger charge is -2.28. The van der Waals surface area contributed by atoms with Gasteiger partial charge < -0.3 is 4.57 Å². The molecule has 1 heterocycles. The molecular formula is C7H15OP. The summed E-state index contributed by atoms with van der Waals surface area (Å²) >= 11 is 0. The highest BCUT2D eigenvalue weighted by molar-refractivity contribution is 7.44. The molecule has 0 bridgehead atoms. The first-order valence-electron chi connectivity index (χ1n) is 3.62. The molecule has 1 rings (SSSR count). The zero-order valence-electron chi connectivity index (χ0n) is 6.24. The van der Waals surface area contributed by atoms with Crippen molar-refractivity contribution in [2.24, 2.45) is 5.41 Å². The van der Waals surface area contributed by atoms with E-state index >= 15 is 0 Å². The highest BCUT2D eigenvalue weighted by Gasteiger charge is 2.23. The summed E-state index contributed by atoms with van der Waals surface area (Å²) in [5.41, 5.74) is 0.485. The lowest BCUT2D eigenvalue weighted by molar-refractivity contribution is 0.329. The first-order chi connectivity index (χ1) is 4.10. The minimum absolute atomic E-state index is 0.485. The molecule has 0 aromatic carbocycles. The van der Waals surface area contributed by atoms with Crippen LogP contribution in [0.1, 0.15) is 26.7 Å². The Morgan fingerprint density at radius 1 is 1.22 bits per heavy atom. The Kier molecular flexibility index (Phi) is 2.00. The lowest BCUT2D eigenvalue weighted by atomic mass is 9.87. The van der Waals surface area contributed by atoms with E-state index in [2.05, 4.69) is 13.8 Å². The Bertz CT molecular complexity index is 117. The van der Waals surface area contributed by atoms with Gasteiger partial charge in [-0.25, -0.2) is 0 Å². The molecule has 1 nitrogen and oxygen atoms in total. The van der Waals surface area contributed by atoms with Gasteiger partial charge in [-0.1, -0.05) is 13.8 Å². The van der Waals surface area contributed by atoms with Crippen LogP contribution in [0.3, 0.4) is 0 Å². The van der Waals surface area contributed by atoms with E-state index < -0.39 is 7.80 Å². The van der Waals surface area contributed by atoms with Crippen molar-refractivity contribution in [3.05, 3.63) is 0 Å². The fraction of sp³-hybridized carbons (Fsp3) is 1.00. The van der Waals surface area contributed by atoms with Gasteiger partial charge in [0, 0.05) is 0 Å². The molecule has 0 spiro atoms. The average molecular weight is 146 g/mol. The molecular weight excluding hydrogens is 131 g/mol. The first kappa shape index (κ1) is 7.34. The molecule has 0 atom stereocenters. The van der Waals surface area contributed by atoms with Crippen molar-refractivity contribution in [2.45, 2.75) is 26.7 Å². The number of hydrogen-bond donors (Lipinski definition) is 0. The third kappa shape index (κ3) is 2.14. The second-order valence-electron chi connectivity index (χ2n) is 3.70. The Morgan fingerprint density at radius 3 is 2.00 bits per heavy atom. The Morgan fingerprint density at radius 2 is 1.67 bits per heavy atom. The van der Waals surface area contributed by atoms with Gasteiger partial charge in [-0.05, 0) is 30.6 Å². The van der Waals surface area contributed by atoms with Crippen molar-refractivity contribution in [3.63, 3.8) is 0 Å². The summed E-state index contributed by atoms with van der Waals surface area (Å²) < 4.78 is 10.9. The SMILES string of the molecule is CC1(C)CC[PH](=O)CC1. The van der Waals surface area contributed by atoms with E-state index in [-0.39, 0.29) is 0 Å². The van der Waals surface area contributed by atoms with Gasteiger partial charge >= 0.3 is 0 Å². The third-order valence-corrected chi connectivity index (χ3v) is 3.78. The molecule has 2 heteroatoms. The van der Waals surface area contributed by atoms with Gasteiger partial charge in [0.1, 0.15) is 0 Å². The van der Waals surface area contributed by atoms with E-state index in [1.54, 1.807) is 0 Å². The molecule has 0 aromatic rings. The third-order valence-electron chi connectivity index (χ3n) is 2.16. The van der Waals surface area contributed by atoms with Crippen molar-refractivity contribution >= 4 is 7.80 Å². The maximum absolute atomic E-state index is 10.9. The Balaban J connectivity index is 2.44. The van der Waals surface area contributed by atoms with Gasteiger partial charge in [-0.2, -0.15) is 0 Å². The predicted octanol–water partition coefficient (Wildman–Crippen LogP) is 2.37. The molecule has 1 fully saturated rings. The maximum Gasteiger partial charge on any atom is 0.0762 e. The highest BCUT2D eigenvalue weighted by Crippen LogP contribution is 2.40. The molecule has 0 amide bonds. The molecule has 9 heavy (non-hydrogen) atoms. The quantitative estimate of drug-likeness (QED) is 0.479. The molecule has 0 unspecified atom stereocenters. The average Bonchev–Trinajstić information content (AvgIpc) is 1.78. The van der Waals surface area contributed by atoms with Crippen LogP contribution in [-0.4, -0.2) is 12.3 Å². The summed E-state index contributed by atoms with van der Waals surface area (Å²) in [6.07, 6.45) is 4.34. The minimum Gasteiger partial charge on any atom is -0.327 e. The van der Waals surface area contributed by atoms with Gasteiger partial charge in [-0.3, -0.25) is 0 Å². The molecule has 0 N–H and O–H groups in total. The molecule has 0 aromatic heterocycles. The van der Waals surface area contributed by atoms with Crippen LogP contribution in [0.2, 0.25) is 0 Å². The van der Waals surface area contributed by atoms with Gasteiger partial charge in [0.15, 0.2) is 0 Å². The van der Waals surface area contributed by atoms with Crippen LogP contribution in [-0.2, 0) is 4.57 Å². The normalized spacial score (nSPS) is 28.2. The molecule has 54 valence electrons. The zero-order chi connectivity index (χ0) is 6.91. The van der Waals surface area contributed by atoms with Crippen LogP contribution in [0.4, 0.5) is 0 Å². The summed E-state index contributed by atoms with van der Waals surface area (Å²) in [5, 5.41) is 0. The van der Waals surface area contributed by atoms with Crippen molar-refractivity contribution in [1.29, 1.82) is 0 Å². The topological polar surface area (TPSA) is 17.1 Å². The van der Waals surface area contributed by atoms with Crippen LogP contribution in [0.25, 0.3) is 0 Å². The van der Waals surface area contributed by atoms with Crippen molar-refractivity contribution in [3.8, 4) is 0 Å². The van der Waals surface area contributed by atoms with Gasteiger partial charge in [0.05, 0.1) is 7.80 Å². The fourth-order valence-electron chi connectivity index (χ4n) is 1.21. The van der Waals surface area contributed by atoms with E-state index in [1.807, 2.05) is 0 Å². The monoisotopic (exact) mass is 146 g/mol. The molecule has 0 aliphatic carbocycles. The van der Waals surface area contributed by atoms with E-state index in [1.165, 1.54) is 12.8 Å². The van der Waals surface area contributed by atoms with E-state index in [0.29, 0.717) is 5.41 Å². The fourth-order valence-corrected chi connectivity index (χ4v) is 3.37. The second kappa shape index (κ2) is 2.46. The van der Waals surface area contributed by atoms with Crippen LogP contribution >= 0.6 is 7.80 Å². The van der Waals surface area contributed by atoms with Crippen molar-refractivity contribution in [2.75, 3.05) is 12.3 Å². The van der Waals surface area contributed by atoms with E-state index in [9.17, 15) is 4.57 Å². The molecule has 0 radical (unpaired) electrons. The van der Waals surface area contributed by atoms with E-state index in [4.69, 9.17) is 0 Å². The molecule has 0 saturated carbocycles. The highest BCUT2D eigenvalue weighted by atomic mass is 31.1. The first-order valence-corrected chi connectivity index (χ1v) is 5.44. The standard InChI is InChI=1S/C7H15OP/c1-7(2)3-5-9(8)6-4-7/h9H,3-6H2,1-2H3. The Labute approximate surface area is 57.6 Å². The van der Waals surface area contributed by atoms with Gasteiger partial charge in [0.2, 0.25) is 0 Å². The van der Waals surface area contributed by atoms with E-state index in [0.717, 1.165) is 12.3 Å². The lowest BCUT2D eigenvalue weighted by Crippen LogP contribution is -2.17. The Hall–Kier alpha value is 0.230. The smallest absolute Gasteiger partial charge is 0.0762 e. The second-order valence-corrected chi connectivity index (χ2v) is 5.78. The summed E-state index contributed by atoms with van der Waals surface area (Å²) in [6.45, 7) is 4.53. The van der Waals surface area contributed by atoms with Crippen molar-refractivity contribution < 1.29 is 4.57 Å². The van der Waals surface area contributed by atoms with Crippen LogP contribution < -0.4 is 0 Å². The summed E-state index contributed by atoms with van der Waals surface area (Å²) in [7, 11) is -1.11. The summed E-state index contributed by atoms with van der Waals surface area (Å²) in [6, 6.07) is 0. The van der Waals surface area contributed by atoms with Crippen molar-refractivity contribution in [1.82, 2.24) is 0 Å². The van der Waals surface area contributed by atoms with Gasteiger partial charge in [-0.15, -0.1) is 0 Å². The zero-order valence-corrected chi connectivity index (χ0v) is 7.24. The predicted molar refractivity (Wildman–Crippen MR) is 41.8 cm³/mol. The van der Waals surface area contributed by atoms with Crippen LogP contribution in [0, 0.1) is 5.41 Å². The molecule has 1 aliphatic rings. The molecule has 1 aliphatic heterocycles. The summed E-state index contributed by atoms with van der Waals surface area (Å²) in [5.74, 6) is 0. The minimum atomic E-state index is -1.11. The molecule has 1 saturated heterocycles. The van der Waals surface area contributed by atoms with Gasteiger partial charge in [0.25, 0.3) is 0 Å². The van der Waals surface area contributed by atoms with Crippen LogP contribution in [0.15, 0.2) is 0 Å². The summed E-state index contributed by atoms with van der Waals surface area (Å²) in [4.78, 5) is 0. The number of rotatable bonds is 0. The van der Waals surface area contributed by atoms with Crippen LogP contribution in [0.5, 0.6) is 0 Å². The number of hydrogen-bond acceptors (Lipinski definition) is 1. The largest absolute Gasteiger partial charge is 0.327 e.